The Balaban J connectivity index is 4.52. The van der Waals surface area contributed by atoms with Crippen molar-refractivity contribution in [2.45, 2.75) is 142 Å². The van der Waals surface area contributed by atoms with Crippen LogP contribution in [0.15, 0.2) is 48.6 Å². The van der Waals surface area contributed by atoms with Crippen LogP contribution in [0.1, 0.15) is 129 Å². The number of phosphoric ester groups is 1. The van der Waals surface area contributed by atoms with Gasteiger partial charge in [-0.05, 0) is 64.2 Å². The second-order valence-corrected chi connectivity index (χ2v) is 12.4. The maximum Gasteiger partial charge on any atom is 0.472 e. The van der Waals surface area contributed by atoms with E-state index in [9.17, 15) is 19.4 Å². The number of amides is 1. The number of carbonyl (C=O) groups excluding carboxylic acids is 1. The number of aliphatic hydroxyl groups is 1. The van der Waals surface area contributed by atoms with Crippen LogP contribution in [0, 0.1) is 0 Å². The second kappa shape index (κ2) is 30.5. The van der Waals surface area contributed by atoms with Crippen LogP contribution in [0.4, 0.5) is 0 Å². The molecule has 0 spiro atoms. The van der Waals surface area contributed by atoms with Gasteiger partial charge in [0, 0.05) is 13.0 Å². The van der Waals surface area contributed by atoms with Crippen molar-refractivity contribution in [2.75, 3.05) is 19.8 Å². The first kappa shape index (κ1) is 41.5. The lowest BCUT2D eigenvalue weighted by Crippen LogP contribution is -2.45. The van der Waals surface area contributed by atoms with Crippen molar-refractivity contribution in [1.82, 2.24) is 5.32 Å². The maximum absolute atomic E-state index is 12.6. The van der Waals surface area contributed by atoms with Crippen LogP contribution < -0.4 is 11.1 Å². The lowest BCUT2D eigenvalue weighted by molar-refractivity contribution is -0.123. The minimum atomic E-state index is -4.34. The summed E-state index contributed by atoms with van der Waals surface area (Å²) < 4.78 is 21.9. The Morgan fingerprint density at radius 1 is 0.744 bits per heavy atom. The van der Waals surface area contributed by atoms with Crippen molar-refractivity contribution >= 4 is 13.7 Å². The molecule has 1 amide bonds. The smallest absolute Gasteiger partial charge is 0.387 e. The van der Waals surface area contributed by atoms with E-state index in [4.69, 9.17) is 14.8 Å². The Kier molecular flexibility index (Phi) is 29.4. The summed E-state index contributed by atoms with van der Waals surface area (Å²) in [6.07, 6.45) is 34.5. The van der Waals surface area contributed by atoms with E-state index in [1.54, 1.807) is 6.08 Å². The number of rotatable bonds is 30. The lowest BCUT2D eigenvalue weighted by Gasteiger charge is -2.23. The molecule has 3 atom stereocenters. The Bertz CT molecular complexity index is 815. The summed E-state index contributed by atoms with van der Waals surface area (Å²) in [5.41, 5.74) is 5.33. The van der Waals surface area contributed by atoms with Crippen LogP contribution in [0.2, 0.25) is 0 Å². The Hall–Kier alpha value is -1.54. The van der Waals surface area contributed by atoms with Crippen LogP contribution in [0.25, 0.3) is 0 Å². The van der Waals surface area contributed by atoms with Gasteiger partial charge in [-0.2, -0.15) is 0 Å². The summed E-state index contributed by atoms with van der Waals surface area (Å²) in [6, 6.07) is -0.884. The highest BCUT2D eigenvalue weighted by Gasteiger charge is 2.26. The van der Waals surface area contributed by atoms with Crippen molar-refractivity contribution in [3.8, 4) is 0 Å². The summed E-state index contributed by atoms with van der Waals surface area (Å²) in [6.45, 7) is 3.97. The average molecular weight is 627 g/mol. The quantitative estimate of drug-likeness (QED) is 0.0359. The van der Waals surface area contributed by atoms with E-state index in [1.165, 1.54) is 32.1 Å². The first-order valence-corrected chi connectivity index (χ1v) is 18.3. The van der Waals surface area contributed by atoms with Crippen LogP contribution in [0.5, 0.6) is 0 Å². The van der Waals surface area contributed by atoms with Gasteiger partial charge in [0.05, 0.1) is 25.4 Å². The highest BCUT2D eigenvalue weighted by atomic mass is 31.2. The van der Waals surface area contributed by atoms with Gasteiger partial charge in [0.15, 0.2) is 0 Å². The zero-order valence-corrected chi connectivity index (χ0v) is 28.1. The third-order valence-corrected chi connectivity index (χ3v) is 7.82. The largest absolute Gasteiger partial charge is 0.472 e. The third-order valence-electron chi connectivity index (χ3n) is 6.84. The molecule has 9 heteroatoms. The van der Waals surface area contributed by atoms with Crippen molar-refractivity contribution in [1.29, 1.82) is 0 Å². The highest BCUT2D eigenvalue weighted by Crippen LogP contribution is 2.43. The molecule has 0 bridgehead atoms. The van der Waals surface area contributed by atoms with Crippen LogP contribution in [-0.4, -0.2) is 47.8 Å². The molecule has 0 radical (unpaired) electrons. The SMILES string of the molecule is CCC/C=C\CCCCCCCC(=O)NC(COP(=O)(O)OCCN)C(O)/C=C/CC/C=C/CC/C=C/CCCCCC. The van der Waals surface area contributed by atoms with E-state index in [1.807, 2.05) is 6.08 Å². The van der Waals surface area contributed by atoms with Crippen molar-refractivity contribution in [2.24, 2.45) is 5.73 Å². The number of nitrogens with one attached hydrogen (secondary N) is 1. The summed E-state index contributed by atoms with van der Waals surface area (Å²) >= 11 is 0. The molecule has 3 unspecified atom stereocenters. The van der Waals surface area contributed by atoms with E-state index in [-0.39, 0.29) is 25.7 Å². The van der Waals surface area contributed by atoms with Gasteiger partial charge in [-0.25, -0.2) is 4.57 Å². The highest BCUT2D eigenvalue weighted by molar-refractivity contribution is 7.47. The number of nitrogens with two attached hydrogens (primary N) is 1. The van der Waals surface area contributed by atoms with E-state index in [0.29, 0.717) is 6.42 Å². The molecule has 0 aromatic carbocycles. The number of carbonyl (C=O) groups is 1. The predicted molar refractivity (Wildman–Crippen MR) is 180 cm³/mol. The molecule has 8 nitrogen and oxygen atoms in total. The molecule has 0 aliphatic heterocycles. The molecular formula is C34H63N2O6P. The molecule has 0 rings (SSSR count). The van der Waals surface area contributed by atoms with Crippen molar-refractivity contribution in [3.63, 3.8) is 0 Å². The number of aliphatic hydroxyl groups excluding tert-OH is 1. The molecule has 0 fully saturated rings. The Labute approximate surface area is 262 Å². The standard InChI is InChI=1S/C34H63N2O6P/c1-3-5-7-9-11-13-15-16-17-18-19-21-23-25-27-33(37)32(31-42-43(39,40)41-30-29-35)36-34(38)28-26-24-22-20-14-12-10-8-6-4-2/h8,10,13,15,18-19,25,27,32-33,37H,3-7,9,11-12,14,16-17,20-24,26,28-31,35H2,1-2H3,(H,36,38)(H,39,40)/b10-8-,15-13+,19-18+,27-25+. The normalized spacial score (nSPS) is 15.2. The van der Waals surface area contributed by atoms with Crippen LogP contribution in [-0.2, 0) is 18.4 Å². The van der Waals surface area contributed by atoms with Gasteiger partial charge < -0.3 is 21.1 Å². The second-order valence-electron chi connectivity index (χ2n) is 11.0. The molecule has 0 saturated carbocycles. The van der Waals surface area contributed by atoms with Crippen LogP contribution >= 0.6 is 7.82 Å². The Morgan fingerprint density at radius 2 is 1.28 bits per heavy atom. The summed E-state index contributed by atoms with van der Waals surface area (Å²) in [4.78, 5) is 22.4. The molecule has 0 aromatic rings. The fourth-order valence-electron chi connectivity index (χ4n) is 4.28. The fraction of sp³-hybridized carbons (Fsp3) is 0.735. The third kappa shape index (κ3) is 29.0. The van der Waals surface area contributed by atoms with E-state index < -0.39 is 20.0 Å². The zero-order chi connectivity index (χ0) is 31.9. The summed E-state index contributed by atoms with van der Waals surface area (Å²) in [7, 11) is -4.34. The van der Waals surface area contributed by atoms with Gasteiger partial charge in [0.1, 0.15) is 0 Å². The lowest BCUT2D eigenvalue weighted by atomic mass is 10.1. The topological polar surface area (TPSA) is 131 Å². The zero-order valence-electron chi connectivity index (χ0n) is 27.2. The molecule has 5 N–H and O–H groups in total. The van der Waals surface area contributed by atoms with Gasteiger partial charge in [0.25, 0.3) is 0 Å². The minimum absolute atomic E-state index is 0.0687. The van der Waals surface area contributed by atoms with E-state index in [0.717, 1.165) is 77.0 Å². The summed E-state index contributed by atoms with van der Waals surface area (Å²) in [5.74, 6) is -0.225. The van der Waals surface area contributed by atoms with Crippen LogP contribution in [0.3, 0.4) is 0 Å². The molecule has 0 saturated heterocycles. The monoisotopic (exact) mass is 626 g/mol. The van der Waals surface area contributed by atoms with E-state index in [2.05, 4.69) is 55.6 Å². The average Bonchev–Trinajstić information content (AvgIpc) is 2.99. The predicted octanol–water partition coefficient (Wildman–Crippen LogP) is 8.21. The van der Waals surface area contributed by atoms with Crippen molar-refractivity contribution in [3.05, 3.63) is 48.6 Å². The molecule has 0 heterocycles. The Morgan fingerprint density at radius 3 is 1.88 bits per heavy atom. The van der Waals surface area contributed by atoms with Gasteiger partial charge in [-0.3, -0.25) is 13.8 Å². The first-order chi connectivity index (χ1) is 20.9. The summed E-state index contributed by atoms with van der Waals surface area (Å²) in [5, 5.41) is 13.5. The fourth-order valence-corrected chi connectivity index (χ4v) is 5.04. The minimum Gasteiger partial charge on any atom is -0.387 e. The number of hydrogen-bond acceptors (Lipinski definition) is 6. The van der Waals surface area contributed by atoms with Gasteiger partial charge >= 0.3 is 7.82 Å². The van der Waals surface area contributed by atoms with Gasteiger partial charge in [-0.1, -0.05) is 107 Å². The van der Waals surface area contributed by atoms with Crippen molar-refractivity contribution < 1.29 is 28.4 Å². The number of hydrogen-bond donors (Lipinski definition) is 4. The number of unbranched alkanes of at least 4 members (excludes halogenated alkanes) is 12. The molecule has 0 aromatic heterocycles. The molecule has 0 aliphatic rings. The number of phosphoric acid groups is 1. The van der Waals surface area contributed by atoms with Gasteiger partial charge in [0.2, 0.25) is 5.91 Å². The molecular weight excluding hydrogens is 563 g/mol. The number of allylic oxidation sites excluding steroid dienone is 7. The molecule has 43 heavy (non-hydrogen) atoms. The molecule has 0 aliphatic carbocycles. The molecule has 250 valence electrons. The maximum atomic E-state index is 12.6. The van der Waals surface area contributed by atoms with E-state index >= 15 is 0 Å². The van der Waals surface area contributed by atoms with Gasteiger partial charge in [-0.15, -0.1) is 0 Å². The first-order valence-electron chi connectivity index (χ1n) is 16.8.